The Balaban J connectivity index is 2.42. The number of nitrogen functional groups attached to an aromatic ring is 1. The van der Waals surface area contributed by atoms with Crippen molar-refractivity contribution in [3.05, 3.63) is 23.2 Å². The quantitative estimate of drug-likeness (QED) is 0.319. The van der Waals surface area contributed by atoms with E-state index in [4.69, 9.17) is 19.7 Å². The van der Waals surface area contributed by atoms with E-state index < -0.39 is 5.91 Å². The van der Waals surface area contributed by atoms with Gasteiger partial charge in [0.05, 0.1) is 13.2 Å². The third-order valence-corrected chi connectivity index (χ3v) is 2.13. The third kappa shape index (κ3) is 4.18. The summed E-state index contributed by atoms with van der Waals surface area (Å²) in [6.07, 6.45) is 0. The van der Waals surface area contributed by atoms with Gasteiger partial charge in [-0.15, -0.1) is 0 Å². The van der Waals surface area contributed by atoms with Crippen LogP contribution in [-0.4, -0.2) is 25.7 Å². The van der Waals surface area contributed by atoms with Crippen LogP contribution in [-0.2, 0) is 16.1 Å². The van der Waals surface area contributed by atoms with Crippen molar-refractivity contribution < 1.29 is 18.7 Å². The standard InChI is InChI=1S/C11H18N2O4/c1-3-15-4-5-16-7-9-6-8(2)10(17-9)11(14)13-12/h6H,3-5,7,12H2,1-2H3,(H,13,14). The molecule has 1 heterocycles. The fraction of sp³-hybridized carbons (Fsp3) is 0.545. The fourth-order valence-corrected chi connectivity index (χ4v) is 1.35. The minimum Gasteiger partial charge on any atom is -0.453 e. The monoisotopic (exact) mass is 242 g/mol. The highest BCUT2D eigenvalue weighted by Gasteiger charge is 2.14. The molecule has 0 aliphatic rings. The van der Waals surface area contributed by atoms with Crippen LogP contribution in [0, 0.1) is 6.92 Å². The van der Waals surface area contributed by atoms with Crippen LogP contribution in [0.25, 0.3) is 0 Å². The van der Waals surface area contributed by atoms with Gasteiger partial charge in [0.1, 0.15) is 12.4 Å². The average molecular weight is 242 g/mol. The highest BCUT2D eigenvalue weighted by atomic mass is 16.5. The second kappa shape index (κ2) is 7.05. The number of amides is 1. The number of carbonyl (C=O) groups excluding carboxylic acids is 1. The summed E-state index contributed by atoms with van der Waals surface area (Å²) in [7, 11) is 0. The summed E-state index contributed by atoms with van der Waals surface area (Å²) in [5, 5.41) is 0. The van der Waals surface area contributed by atoms with E-state index in [0.29, 0.717) is 32.2 Å². The predicted octanol–water partition coefficient (Wildman–Crippen LogP) is 0.745. The Morgan fingerprint density at radius 2 is 2.18 bits per heavy atom. The van der Waals surface area contributed by atoms with Crippen LogP contribution in [0.2, 0.25) is 0 Å². The molecule has 6 nitrogen and oxygen atoms in total. The Morgan fingerprint density at radius 3 is 2.82 bits per heavy atom. The van der Waals surface area contributed by atoms with Gasteiger partial charge in [-0.1, -0.05) is 0 Å². The van der Waals surface area contributed by atoms with Gasteiger partial charge in [-0.3, -0.25) is 10.2 Å². The number of furan rings is 1. The average Bonchev–Trinajstić information content (AvgIpc) is 2.69. The van der Waals surface area contributed by atoms with Crippen molar-refractivity contribution in [1.29, 1.82) is 0 Å². The van der Waals surface area contributed by atoms with Crippen molar-refractivity contribution in [2.75, 3.05) is 19.8 Å². The van der Waals surface area contributed by atoms with Gasteiger partial charge in [-0.25, -0.2) is 5.84 Å². The summed E-state index contributed by atoms with van der Waals surface area (Å²) in [4.78, 5) is 11.3. The topological polar surface area (TPSA) is 86.7 Å². The minimum absolute atomic E-state index is 0.218. The molecule has 0 spiro atoms. The second-order valence-corrected chi connectivity index (χ2v) is 3.45. The Bertz CT molecular complexity index is 362. The second-order valence-electron chi connectivity index (χ2n) is 3.45. The number of nitrogens with one attached hydrogen (secondary N) is 1. The number of hydrogen-bond donors (Lipinski definition) is 2. The number of aryl methyl sites for hydroxylation is 1. The lowest BCUT2D eigenvalue weighted by Crippen LogP contribution is -2.30. The van der Waals surface area contributed by atoms with Crippen molar-refractivity contribution >= 4 is 5.91 Å². The molecule has 1 aromatic heterocycles. The lowest BCUT2D eigenvalue weighted by Gasteiger charge is -2.01. The normalized spacial score (nSPS) is 10.5. The molecule has 3 N–H and O–H groups in total. The molecule has 17 heavy (non-hydrogen) atoms. The summed E-state index contributed by atoms with van der Waals surface area (Å²) >= 11 is 0. The van der Waals surface area contributed by atoms with Gasteiger partial charge in [0.15, 0.2) is 5.76 Å². The zero-order valence-electron chi connectivity index (χ0n) is 10.1. The van der Waals surface area contributed by atoms with Gasteiger partial charge < -0.3 is 13.9 Å². The van der Waals surface area contributed by atoms with Gasteiger partial charge in [-0.2, -0.15) is 0 Å². The molecule has 1 aromatic rings. The van der Waals surface area contributed by atoms with E-state index in [9.17, 15) is 4.79 Å². The summed E-state index contributed by atoms with van der Waals surface area (Å²) in [6, 6.07) is 1.76. The molecule has 0 aliphatic heterocycles. The molecule has 1 rings (SSSR count). The van der Waals surface area contributed by atoms with Crippen molar-refractivity contribution in [1.82, 2.24) is 5.43 Å². The van der Waals surface area contributed by atoms with E-state index in [1.807, 2.05) is 12.3 Å². The number of ether oxygens (including phenoxy) is 2. The molecule has 0 aliphatic carbocycles. The highest BCUT2D eigenvalue weighted by Crippen LogP contribution is 2.15. The Hall–Kier alpha value is -1.37. The van der Waals surface area contributed by atoms with Crippen LogP contribution < -0.4 is 11.3 Å². The van der Waals surface area contributed by atoms with E-state index in [-0.39, 0.29) is 5.76 Å². The van der Waals surface area contributed by atoms with Gasteiger partial charge in [0, 0.05) is 12.2 Å². The Kier molecular flexibility index (Phi) is 5.68. The van der Waals surface area contributed by atoms with Gasteiger partial charge in [0.25, 0.3) is 0 Å². The smallest absolute Gasteiger partial charge is 0.301 e. The maximum atomic E-state index is 11.3. The van der Waals surface area contributed by atoms with Gasteiger partial charge in [-0.05, 0) is 19.9 Å². The van der Waals surface area contributed by atoms with Crippen LogP contribution in [0.15, 0.2) is 10.5 Å². The third-order valence-electron chi connectivity index (χ3n) is 2.13. The van der Waals surface area contributed by atoms with Crippen LogP contribution in [0.1, 0.15) is 28.8 Å². The zero-order valence-corrected chi connectivity index (χ0v) is 10.1. The maximum absolute atomic E-state index is 11.3. The molecule has 96 valence electrons. The summed E-state index contributed by atoms with van der Waals surface area (Å²) < 4.78 is 15.8. The van der Waals surface area contributed by atoms with E-state index in [2.05, 4.69) is 0 Å². The number of hydrogen-bond acceptors (Lipinski definition) is 5. The Labute approximate surface area is 100 Å². The molecule has 0 saturated heterocycles. The number of carbonyl (C=O) groups is 1. The largest absolute Gasteiger partial charge is 0.453 e. The molecule has 0 radical (unpaired) electrons. The van der Waals surface area contributed by atoms with Crippen LogP contribution in [0.5, 0.6) is 0 Å². The number of hydrazine groups is 1. The first kappa shape index (κ1) is 13.7. The molecule has 6 heteroatoms. The molecule has 1 amide bonds. The Morgan fingerprint density at radius 1 is 1.47 bits per heavy atom. The maximum Gasteiger partial charge on any atom is 0.301 e. The first-order valence-electron chi connectivity index (χ1n) is 5.44. The first-order chi connectivity index (χ1) is 8.19. The van der Waals surface area contributed by atoms with E-state index in [0.717, 1.165) is 5.56 Å². The minimum atomic E-state index is -0.442. The molecule has 0 fully saturated rings. The van der Waals surface area contributed by atoms with E-state index in [1.54, 1.807) is 13.0 Å². The molecule has 0 atom stereocenters. The van der Waals surface area contributed by atoms with Gasteiger partial charge >= 0.3 is 5.91 Å². The summed E-state index contributed by atoms with van der Waals surface area (Å²) in [5.41, 5.74) is 2.76. The SMILES string of the molecule is CCOCCOCc1cc(C)c(C(=O)NN)o1. The number of rotatable bonds is 7. The molecule has 0 saturated carbocycles. The molecule has 0 bridgehead atoms. The van der Waals surface area contributed by atoms with Gasteiger partial charge in [0.2, 0.25) is 0 Å². The predicted molar refractivity (Wildman–Crippen MR) is 61.2 cm³/mol. The number of nitrogens with two attached hydrogens (primary N) is 1. The van der Waals surface area contributed by atoms with Crippen LogP contribution in [0.3, 0.4) is 0 Å². The molecular weight excluding hydrogens is 224 g/mol. The fourth-order valence-electron chi connectivity index (χ4n) is 1.35. The van der Waals surface area contributed by atoms with Crippen molar-refractivity contribution in [3.8, 4) is 0 Å². The lowest BCUT2D eigenvalue weighted by atomic mass is 10.2. The molecule has 0 aromatic carbocycles. The summed E-state index contributed by atoms with van der Waals surface area (Å²) in [6.45, 7) is 5.72. The van der Waals surface area contributed by atoms with Crippen molar-refractivity contribution in [3.63, 3.8) is 0 Å². The van der Waals surface area contributed by atoms with Crippen LogP contribution in [0.4, 0.5) is 0 Å². The molecular formula is C11H18N2O4. The highest BCUT2D eigenvalue weighted by molar-refractivity contribution is 5.92. The first-order valence-corrected chi connectivity index (χ1v) is 5.44. The van der Waals surface area contributed by atoms with Crippen molar-refractivity contribution in [2.45, 2.75) is 20.5 Å². The lowest BCUT2D eigenvalue weighted by molar-refractivity contribution is 0.0386. The van der Waals surface area contributed by atoms with E-state index in [1.165, 1.54) is 0 Å². The van der Waals surface area contributed by atoms with E-state index >= 15 is 0 Å². The van der Waals surface area contributed by atoms with Crippen molar-refractivity contribution in [2.24, 2.45) is 5.84 Å². The zero-order chi connectivity index (χ0) is 12.7. The molecule has 0 unspecified atom stereocenters. The van der Waals surface area contributed by atoms with Crippen LogP contribution >= 0.6 is 0 Å². The summed E-state index contributed by atoms with van der Waals surface area (Å²) in [5.74, 6) is 5.40.